The first-order chi connectivity index (χ1) is 11.4. The Morgan fingerprint density at radius 3 is 2.67 bits per heavy atom. The number of sulfonamides is 1. The minimum absolute atomic E-state index is 0.0248. The second-order valence-corrected chi connectivity index (χ2v) is 8.04. The molecule has 0 unspecified atom stereocenters. The van der Waals surface area contributed by atoms with Crippen LogP contribution in [-0.2, 0) is 16.6 Å². The topological polar surface area (TPSA) is 76.9 Å². The van der Waals surface area contributed by atoms with Crippen molar-refractivity contribution in [1.29, 1.82) is 0 Å². The van der Waals surface area contributed by atoms with Crippen molar-refractivity contribution < 1.29 is 8.42 Å². The lowest BCUT2D eigenvalue weighted by atomic mass is 10.1. The Labute approximate surface area is 145 Å². The first kappa shape index (κ1) is 16.7. The predicted molar refractivity (Wildman–Crippen MR) is 95.7 cm³/mol. The smallest absolute Gasteiger partial charge is 0.280 e. The maximum atomic E-state index is 12.5. The highest BCUT2D eigenvalue weighted by Crippen LogP contribution is 2.25. The van der Waals surface area contributed by atoms with Crippen LogP contribution in [0.2, 0.25) is 0 Å². The third-order valence-corrected chi connectivity index (χ3v) is 5.62. The summed E-state index contributed by atoms with van der Waals surface area (Å²) in [7, 11) is -3.72. The Morgan fingerprint density at radius 1 is 1.25 bits per heavy atom. The third kappa shape index (κ3) is 3.34. The SMILES string of the molecule is CCn1cc(S(=O)(=O)Nc2cccc(-c3csc(C)n3)c2)nc1C. The Hall–Kier alpha value is -2.19. The number of nitrogens with one attached hydrogen (secondary N) is 1. The monoisotopic (exact) mass is 362 g/mol. The van der Waals surface area contributed by atoms with E-state index in [1.54, 1.807) is 47.2 Å². The molecule has 2 aromatic heterocycles. The highest BCUT2D eigenvalue weighted by molar-refractivity contribution is 7.92. The molecule has 0 bridgehead atoms. The van der Waals surface area contributed by atoms with E-state index in [1.807, 2.05) is 25.3 Å². The molecule has 3 aromatic rings. The minimum atomic E-state index is -3.72. The van der Waals surface area contributed by atoms with Crippen molar-refractivity contribution in [2.24, 2.45) is 0 Å². The van der Waals surface area contributed by atoms with Crippen molar-refractivity contribution in [2.45, 2.75) is 32.3 Å². The van der Waals surface area contributed by atoms with Gasteiger partial charge in [0, 0.05) is 29.4 Å². The molecule has 1 N–H and O–H groups in total. The summed E-state index contributed by atoms with van der Waals surface area (Å²) < 4.78 is 29.5. The third-order valence-electron chi connectivity index (χ3n) is 3.60. The molecule has 0 spiro atoms. The molecule has 0 aliphatic rings. The zero-order valence-electron chi connectivity index (χ0n) is 13.6. The molecule has 0 radical (unpaired) electrons. The highest BCUT2D eigenvalue weighted by Gasteiger charge is 2.19. The summed E-state index contributed by atoms with van der Waals surface area (Å²) in [6.07, 6.45) is 1.55. The summed E-state index contributed by atoms with van der Waals surface area (Å²) in [5, 5.41) is 2.95. The summed E-state index contributed by atoms with van der Waals surface area (Å²) in [5.74, 6) is 0.671. The first-order valence-corrected chi connectivity index (χ1v) is 9.84. The van der Waals surface area contributed by atoms with Crippen LogP contribution < -0.4 is 4.72 Å². The molecule has 6 nitrogen and oxygen atoms in total. The predicted octanol–water partition coefficient (Wildman–Crippen LogP) is 3.44. The first-order valence-electron chi connectivity index (χ1n) is 7.48. The van der Waals surface area contributed by atoms with Gasteiger partial charge in [-0.3, -0.25) is 4.72 Å². The van der Waals surface area contributed by atoms with E-state index in [4.69, 9.17) is 0 Å². The summed E-state index contributed by atoms with van der Waals surface area (Å²) in [4.78, 5) is 8.56. The number of imidazole rings is 1. The Morgan fingerprint density at radius 2 is 2.04 bits per heavy atom. The molecule has 0 aliphatic carbocycles. The van der Waals surface area contributed by atoms with Crippen molar-refractivity contribution in [2.75, 3.05) is 4.72 Å². The van der Waals surface area contributed by atoms with Gasteiger partial charge in [0.15, 0.2) is 5.03 Å². The van der Waals surface area contributed by atoms with Gasteiger partial charge in [-0.2, -0.15) is 8.42 Å². The summed E-state index contributed by atoms with van der Waals surface area (Å²) in [6, 6.07) is 7.19. The fourth-order valence-electron chi connectivity index (χ4n) is 2.37. The van der Waals surface area contributed by atoms with Gasteiger partial charge in [-0.25, -0.2) is 9.97 Å². The van der Waals surface area contributed by atoms with Crippen LogP contribution in [0.25, 0.3) is 11.3 Å². The van der Waals surface area contributed by atoms with Gasteiger partial charge in [-0.05, 0) is 32.9 Å². The molecular formula is C16H18N4O2S2. The molecule has 126 valence electrons. The van der Waals surface area contributed by atoms with E-state index in [2.05, 4.69) is 14.7 Å². The van der Waals surface area contributed by atoms with E-state index in [0.717, 1.165) is 16.3 Å². The van der Waals surface area contributed by atoms with E-state index in [-0.39, 0.29) is 5.03 Å². The van der Waals surface area contributed by atoms with Gasteiger partial charge in [0.05, 0.1) is 10.7 Å². The van der Waals surface area contributed by atoms with Gasteiger partial charge in [0.25, 0.3) is 10.0 Å². The van der Waals surface area contributed by atoms with Crippen molar-refractivity contribution >= 4 is 27.0 Å². The number of benzene rings is 1. The zero-order valence-corrected chi connectivity index (χ0v) is 15.3. The Bertz CT molecular complexity index is 974. The number of rotatable bonds is 5. The molecule has 1 aromatic carbocycles. The van der Waals surface area contributed by atoms with E-state index in [0.29, 0.717) is 18.1 Å². The van der Waals surface area contributed by atoms with Crippen LogP contribution in [0.4, 0.5) is 5.69 Å². The highest BCUT2D eigenvalue weighted by atomic mass is 32.2. The van der Waals surface area contributed by atoms with E-state index in [1.165, 1.54) is 0 Å². The molecule has 3 rings (SSSR count). The van der Waals surface area contributed by atoms with Crippen LogP contribution in [0, 0.1) is 13.8 Å². The van der Waals surface area contributed by atoms with Crippen LogP contribution in [-0.4, -0.2) is 23.0 Å². The minimum Gasteiger partial charge on any atom is -0.334 e. The number of hydrogen-bond acceptors (Lipinski definition) is 5. The van der Waals surface area contributed by atoms with Crippen molar-refractivity contribution in [1.82, 2.24) is 14.5 Å². The number of nitrogens with zero attached hydrogens (tertiary/aromatic N) is 3. The average molecular weight is 362 g/mol. The van der Waals surface area contributed by atoms with Gasteiger partial charge >= 0.3 is 0 Å². The maximum Gasteiger partial charge on any atom is 0.280 e. The van der Waals surface area contributed by atoms with E-state index >= 15 is 0 Å². The van der Waals surface area contributed by atoms with Gasteiger partial charge < -0.3 is 4.57 Å². The summed E-state index contributed by atoms with van der Waals surface area (Å²) >= 11 is 1.56. The van der Waals surface area contributed by atoms with E-state index < -0.39 is 10.0 Å². The van der Waals surface area contributed by atoms with Crippen LogP contribution in [0.1, 0.15) is 17.8 Å². The quantitative estimate of drug-likeness (QED) is 0.754. The van der Waals surface area contributed by atoms with Gasteiger partial charge in [0.1, 0.15) is 5.82 Å². The lowest BCUT2D eigenvalue weighted by Crippen LogP contribution is -2.13. The van der Waals surface area contributed by atoms with Crippen molar-refractivity contribution in [3.8, 4) is 11.3 Å². The number of aryl methyl sites for hydroxylation is 3. The van der Waals surface area contributed by atoms with Crippen LogP contribution in [0.3, 0.4) is 0 Å². The molecule has 0 aliphatic heterocycles. The van der Waals surface area contributed by atoms with Gasteiger partial charge in [-0.15, -0.1) is 11.3 Å². The second-order valence-electron chi connectivity index (χ2n) is 5.35. The number of aromatic nitrogens is 3. The average Bonchev–Trinajstić information content (AvgIpc) is 3.13. The van der Waals surface area contributed by atoms with Crippen LogP contribution >= 0.6 is 11.3 Å². The van der Waals surface area contributed by atoms with Crippen molar-refractivity contribution in [3.05, 3.63) is 46.7 Å². The van der Waals surface area contributed by atoms with Gasteiger partial charge in [0.2, 0.25) is 0 Å². The fraction of sp³-hybridized carbons (Fsp3) is 0.250. The normalized spacial score (nSPS) is 11.6. The number of anilines is 1. The van der Waals surface area contributed by atoms with Gasteiger partial charge in [-0.1, -0.05) is 12.1 Å². The number of thiazole rings is 1. The molecule has 24 heavy (non-hydrogen) atoms. The van der Waals surface area contributed by atoms with Crippen molar-refractivity contribution in [3.63, 3.8) is 0 Å². The van der Waals surface area contributed by atoms with E-state index in [9.17, 15) is 8.42 Å². The molecule has 0 atom stereocenters. The lowest BCUT2D eigenvalue weighted by molar-refractivity contribution is 0.598. The Kier molecular flexibility index (Phi) is 4.42. The molecule has 0 fully saturated rings. The molecule has 0 amide bonds. The lowest BCUT2D eigenvalue weighted by Gasteiger charge is -2.07. The molecule has 2 heterocycles. The largest absolute Gasteiger partial charge is 0.334 e. The summed E-state index contributed by atoms with van der Waals surface area (Å²) in [5.41, 5.74) is 2.20. The maximum absolute atomic E-state index is 12.5. The molecule has 8 heteroatoms. The standard InChI is InChI=1S/C16H18N4O2S2/c1-4-20-9-16(17-11(20)2)24(21,22)19-14-7-5-6-13(8-14)15-10-23-12(3)18-15/h5-10,19H,4H2,1-3H3. The van der Waals surface area contributed by atoms with Crippen LogP contribution in [0.5, 0.6) is 0 Å². The number of hydrogen-bond donors (Lipinski definition) is 1. The summed E-state index contributed by atoms with van der Waals surface area (Å²) in [6.45, 7) is 6.34. The molecule has 0 saturated heterocycles. The zero-order chi connectivity index (χ0) is 17.3. The second kappa shape index (κ2) is 6.37. The fourth-order valence-corrected chi connectivity index (χ4v) is 4.06. The molecule has 0 saturated carbocycles. The van der Waals surface area contributed by atoms with Crippen LogP contribution in [0.15, 0.2) is 40.9 Å². The Balaban J connectivity index is 1.90. The molecular weight excluding hydrogens is 344 g/mol.